The van der Waals surface area contributed by atoms with Crippen LogP contribution in [0.3, 0.4) is 0 Å². The number of alkyl halides is 5. The lowest BCUT2D eigenvalue weighted by molar-refractivity contribution is 0.289. The van der Waals surface area contributed by atoms with E-state index >= 15 is 0 Å². The number of hydrogen-bond donors (Lipinski definition) is 0. The summed E-state index contributed by atoms with van der Waals surface area (Å²) in [5, 5.41) is -0.258. The van der Waals surface area contributed by atoms with Gasteiger partial charge >= 0.3 is 0 Å². The molecular weight excluding hydrogens is 333 g/mol. The lowest BCUT2D eigenvalue weighted by Crippen LogP contribution is -2.46. The molecule has 0 nitrogen and oxygen atoms in total. The second-order valence-electron chi connectivity index (χ2n) is 4.38. The summed E-state index contributed by atoms with van der Waals surface area (Å²) >= 11 is 36.7. The minimum absolute atomic E-state index is 0.101. The molecule has 0 N–H and O–H groups in total. The van der Waals surface area contributed by atoms with Crippen molar-refractivity contribution in [2.75, 3.05) is 5.88 Å². The van der Waals surface area contributed by atoms with Crippen molar-refractivity contribution < 1.29 is 0 Å². The molecule has 0 amide bonds. The van der Waals surface area contributed by atoms with Crippen molar-refractivity contribution in [3.8, 4) is 0 Å². The molecule has 2 saturated carbocycles. The molecule has 0 spiro atoms. The van der Waals surface area contributed by atoms with Crippen LogP contribution in [0.15, 0.2) is 11.1 Å². The molecule has 2 unspecified atom stereocenters. The van der Waals surface area contributed by atoms with E-state index < -0.39 is 10.3 Å². The fraction of sp³-hybridized carbons (Fsp3) is 0.800. The van der Waals surface area contributed by atoms with Gasteiger partial charge in [-0.3, -0.25) is 0 Å². The Labute approximate surface area is 125 Å². The van der Waals surface area contributed by atoms with Crippen LogP contribution in [0.25, 0.3) is 0 Å². The molecule has 0 aliphatic heterocycles. The maximum Gasteiger partial charge on any atom is 0.118 e. The van der Waals surface area contributed by atoms with E-state index in [0.29, 0.717) is 5.88 Å². The molecule has 5 atom stereocenters. The first-order valence-electron chi connectivity index (χ1n) is 4.93. The first-order valence-corrected chi connectivity index (χ1v) is 7.65. The maximum absolute atomic E-state index is 6.31. The maximum atomic E-state index is 6.31. The number of rotatable bonds is 2. The summed E-state index contributed by atoms with van der Waals surface area (Å²) in [5.74, 6) is 0.562. The van der Waals surface area contributed by atoms with Crippen LogP contribution in [0.2, 0.25) is 0 Å². The standard InChI is InChI=1S/C10H10Cl6/c11-2-6-4-1-5(8(14)7(4)13)10(6,3-12)9(15)16/h2,4-5,7-9H,1,3H2/b6-2+/t4?,5?,7-,8-,10-/m1/s1. The van der Waals surface area contributed by atoms with E-state index in [-0.39, 0.29) is 22.6 Å². The summed E-state index contributed by atoms with van der Waals surface area (Å²) in [6, 6.07) is 0. The van der Waals surface area contributed by atoms with Crippen LogP contribution in [-0.2, 0) is 0 Å². The summed E-state index contributed by atoms with van der Waals surface area (Å²) in [6.07, 6.45) is 0.865. The monoisotopic (exact) mass is 340 g/mol. The zero-order chi connectivity index (χ0) is 12.1. The lowest BCUT2D eigenvalue weighted by atomic mass is 9.72. The fourth-order valence-electron chi connectivity index (χ4n) is 3.03. The molecule has 0 aromatic carbocycles. The van der Waals surface area contributed by atoms with E-state index in [1.165, 1.54) is 5.54 Å². The van der Waals surface area contributed by atoms with Gasteiger partial charge in [0, 0.05) is 16.8 Å². The zero-order valence-corrected chi connectivity index (χ0v) is 12.7. The predicted octanol–water partition coefficient (Wildman–Crippen LogP) is 5.00. The third kappa shape index (κ3) is 1.64. The fourth-order valence-corrected chi connectivity index (χ4v) is 5.71. The molecule has 2 rings (SSSR count). The van der Waals surface area contributed by atoms with Crippen molar-refractivity contribution >= 4 is 69.6 Å². The topological polar surface area (TPSA) is 0 Å². The molecule has 0 radical (unpaired) electrons. The van der Waals surface area contributed by atoms with Gasteiger partial charge in [0.05, 0.1) is 10.8 Å². The smallest absolute Gasteiger partial charge is 0.118 e. The molecule has 16 heavy (non-hydrogen) atoms. The van der Waals surface area contributed by atoms with Gasteiger partial charge in [-0.1, -0.05) is 11.6 Å². The average molecular weight is 343 g/mol. The van der Waals surface area contributed by atoms with Gasteiger partial charge < -0.3 is 0 Å². The molecule has 0 saturated heterocycles. The molecular formula is C10H10Cl6. The number of hydrogen-bond acceptors (Lipinski definition) is 0. The van der Waals surface area contributed by atoms with Crippen LogP contribution in [0.1, 0.15) is 6.42 Å². The lowest BCUT2D eigenvalue weighted by Gasteiger charge is -2.42. The van der Waals surface area contributed by atoms with Crippen LogP contribution < -0.4 is 0 Å². The molecule has 2 bridgehead atoms. The van der Waals surface area contributed by atoms with Crippen LogP contribution in [0.4, 0.5) is 0 Å². The Morgan fingerprint density at radius 3 is 2.38 bits per heavy atom. The quantitative estimate of drug-likeness (QED) is 0.619. The van der Waals surface area contributed by atoms with Crippen molar-refractivity contribution in [1.82, 2.24) is 0 Å². The van der Waals surface area contributed by atoms with Crippen LogP contribution in [0, 0.1) is 17.3 Å². The Morgan fingerprint density at radius 1 is 1.31 bits per heavy atom. The summed E-state index contributed by atoms with van der Waals surface area (Å²) in [6.45, 7) is 0. The highest BCUT2D eigenvalue weighted by Crippen LogP contribution is 2.65. The van der Waals surface area contributed by atoms with E-state index in [4.69, 9.17) is 69.6 Å². The summed E-state index contributed by atoms with van der Waals surface area (Å²) < 4.78 is 0. The van der Waals surface area contributed by atoms with Gasteiger partial charge in [0.25, 0.3) is 0 Å². The van der Waals surface area contributed by atoms with Gasteiger partial charge in [-0.2, -0.15) is 0 Å². The predicted molar refractivity (Wildman–Crippen MR) is 73.5 cm³/mol. The SMILES string of the molecule is Cl/C=C1\C2CC([C@@H](Cl)[C@@H]2Cl)[C@@]1(CCl)C(Cl)Cl. The van der Waals surface area contributed by atoms with Gasteiger partial charge in [0.15, 0.2) is 0 Å². The first-order chi connectivity index (χ1) is 7.50. The van der Waals surface area contributed by atoms with E-state index in [1.807, 2.05) is 0 Å². The Morgan fingerprint density at radius 2 is 1.94 bits per heavy atom. The average Bonchev–Trinajstić information content (AvgIpc) is 2.74. The van der Waals surface area contributed by atoms with Crippen LogP contribution in [-0.4, -0.2) is 21.5 Å². The molecule has 2 aliphatic rings. The number of fused-ring (bicyclic) bond motifs is 2. The molecule has 6 heteroatoms. The molecule has 2 aliphatic carbocycles. The summed E-state index contributed by atoms with van der Waals surface area (Å²) in [5.41, 5.74) is 1.97. The van der Waals surface area contributed by atoms with Crippen molar-refractivity contribution in [2.45, 2.75) is 22.0 Å². The van der Waals surface area contributed by atoms with Crippen LogP contribution in [0.5, 0.6) is 0 Å². The molecule has 0 aromatic heterocycles. The van der Waals surface area contributed by atoms with Gasteiger partial charge in [-0.05, 0) is 23.8 Å². The highest BCUT2D eigenvalue weighted by molar-refractivity contribution is 6.45. The second kappa shape index (κ2) is 4.87. The van der Waals surface area contributed by atoms with E-state index in [1.54, 1.807) is 0 Å². The second-order valence-corrected chi connectivity index (χ2v) is 6.97. The number of allylic oxidation sites excluding steroid dienone is 1. The molecule has 0 aromatic rings. The zero-order valence-electron chi connectivity index (χ0n) is 8.15. The number of halogens is 6. The summed E-state index contributed by atoms with van der Waals surface area (Å²) in [4.78, 5) is -0.615. The molecule has 0 heterocycles. The first kappa shape index (κ1) is 13.9. The molecule has 2 fully saturated rings. The highest BCUT2D eigenvalue weighted by atomic mass is 35.5. The minimum atomic E-state index is -0.615. The summed E-state index contributed by atoms with van der Waals surface area (Å²) in [7, 11) is 0. The van der Waals surface area contributed by atoms with Gasteiger partial charge in [-0.25, -0.2) is 0 Å². The van der Waals surface area contributed by atoms with Crippen molar-refractivity contribution in [2.24, 2.45) is 17.3 Å². The Balaban J connectivity index is 2.47. The van der Waals surface area contributed by atoms with E-state index in [0.717, 1.165) is 12.0 Å². The highest BCUT2D eigenvalue weighted by Gasteiger charge is 2.64. The molecule has 92 valence electrons. The van der Waals surface area contributed by atoms with E-state index in [9.17, 15) is 0 Å². The van der Waals surface area contributed by atoms with E-state index in [2.05, 4.69) is 0 Å². The van der Waals surface area contributed by atoms with Crippen molar-refractivity contribution in [3.63, 3.8) is 0 Å². The van der Waals surface area contributed by atoms with Gasteiger partial charge in [0.1, 0.15) is 4.84 Å². The Kier molecular flexibility index (Phi) is 4.23. The Hall–Kier alpha value is 1.48. The normalized spacial score (nSPS) is 49.6. The van der Waals surface area contributed by atoms with Crippen molar-refractivity contribution in [3.05, 3.63) is 11.1 Å². The third-order valence-corrected chi connectivity index (χ3v) is 6.64. The van der Waals surface area contributed by atoms with Gasteiger partial charge in [-0.15, -0.1) is 58.0 Å². The third-order valence-electron chi connectivity index (χ3n) is 3.91. The Bertz CT molecular complexity index is 314. The largest absolute Gasteiger partial charge is 0.126 e. The van der Waals surface area contributed by atoms with Gasteiger partial charge in [0.2, 0.25) is 0 Å². The van der Waals surface area contributed by atoms with Crippen molar-refractivity contribution in [1.29, 1.82) is 0 Å². The minimum Gasteiger partial charge on any atom is -0.126 e. The van der Waals surface area contributed by atoms with Crippen LogP contribution >= 0.6 is 69.6 Å².